The molecule has 0 amide bonds. The van der Waals surface area contributed by atoms with Crippen LogP contribution in [0.4, 0.5) is 0 Å². The van der Waals surface area contributed by atoms with Crippen LogP contribution in [0.2, 0.25) is 0 Å². The van der Waals surface area contributed by atoms with Gasteiger partial charge in [-0.1, -0.05) is 43.7 Å². The first-order valence-corrected chi connectivity index (χ1v) is 11.8. The molecule has 31 heavy (non-hydrogen) atoms. The van der Waals surface area contributed by atoms with E-state index in [1.165, 1.54) is 16.7 Å². The van der Waals surface area contributed by atoms with Crippen LogP contribution >= 0.6 is 0 Å². The molecule has 0 aromatic heterocycles. The van der Waals surface area contributed by atoms with Crippen LogP contribution in [0.25, 0.3) is 0 Å². The maximum absolute atomic E-state index is 6.14. The fourth-order valence-corrected chi connectivity index (χ4v) is 4.68. The van der Waals surface area contributed by atoms with Crippen molar-refractivity contribution >= 4 is 0 Å². The van der Waals surface area contributed by atoms with E-state index in [9.17, 15) is 0 Å². The minimum absolute atomic E-state index is 0.202. The largest absolute Gasteiger partial charge is 0.493 e. The Hall–Kier alpha value is -2.04. The summed E-state index contributed by atoms with van der Waals surface area (Å²) >= 11 is 0. The van der Waals surface area contributed by atoms with Crippen LogP contribution in [0.15, 0.2) is 42.5 Å². The Balaban J connectivity index is 1.66. The third-order valence-corrected chi connectivity index (χ3v) is 6.65. The second-order valence-electron chi connectivity index (χ2n) is 9.20. The number of aryl methyl sites for hydroxylation is 1. The molecule has 3 rings (SSSR count). The minimum Gasteiger partial charge on any atom is -0.493 e. The van der Waals surface area contributed by atoms with Gasteiger partial charge in [0.2, 0.25) is 0 Å². The van der Waals surface area contributed by atoms with Crippen molar-refractivity contribution in [1.29, 1.82) is 0 Å². The van der Waals surface area contributed by atoms with E-state index >= 15 is 0 Å². The van der Waals surface area contributed by atoms with Gasteiger partial charge < -0.3 is 19.5 Å². The Morgan fingerprint density at radius 3 is 2.58 bits per heavy atom. The fraction of sp³-hybridized carbons (Fsp3) is 0.556. The van der Waals surface area contributed by atoms with Gasteiger partial charge in [0.1, 0.15) is 6.54 Å². The Labute approximate surface area is 188 Å². The summed E-state index contributed by atoms with van der Waals surface area (Å²) in [5.41, 5.74) is 4.26. The normalized spacial score (nSPS) is 21.3. The van der Waals surface area contributed by atoms with Gasteiger partial charge in [0.05, 0.1) is 26.4 Å². The lowest BCUT2D eigenvalue weighted by Gasteiger charge is -2.42. The second kappa shape index (κ2) is 11.0. The molecule has 0 bridgehead atoms. The van der Waals surface area contributed by atoms with Crippen LogP contribution < -0.4 is 14.8 Å². The number of quaternary nitrogens is 1. The van der Waals surface area contributed by atoms with Crippen LogP contribution in [0.3, 0.4) is 0 Å². The van der Waals surface area contributed by atoms with E-state index in [0.29, 0.717) is 18.6 Å². The second-order valence-corrected chi connectivity index (χ2v) is 9.20. The molecule has 170 valence electrons. The fourth-order valence-electron chi connectivity index (χ4n) is 4.68. The standard InChI is InChI=1S/C27H39NO3/c1-6-30-24-12-9-22(17-25(24)29-5)19-28-15-13-27(23-10-7-21(4)8-11-23)14-16-31-26(18-27)20(2)3/h7-12,17,20,26,28H,6,13-16,18-19H2,1-5H3/p+1/t26-,27+/m1/s1. The number of rotatable bonds is 10. The van der Waals surface area contributed by atoms with Crippen LogP contribution in [0.1, 0.15) is 56.7 Å². The van der Waals surface area contributed by atoms with Crippen molar-refractivity contribution in [3.8, 4) is 11.5 Å². The van der Waals surface area contributed by atoms with Crippen molar-refractivity contribution in [2.24, 2.45) is 5.92 Å². The molecule has 4 nitrogen and oxygen atoms in total. The SMILES string of the molecule is CCOc1ccc(C[NH2+]CC[C@]2(c3ccc(C)cc3)CCO[C@@H](C(C)C)C2)cc1OC. The monoisotopic (exact) mass is 426 g/mol. The van der Waals surface area contributed by atoms with Crippen molar-refractivity contribution in [2.75, 3.05) is 26.9 Å². The molecule has 1 fully saturated rings. The number of hydrogen-bond acceptors (Lipinski definition) is 3. The molecule has 0 spiro atoms. The molecule has 0 unspecified atom stereocenters. The predicted octanol–water partition coefficient (Wildman–Crippen LogP) is 4.63. The summed E-state index contributed by atoms with van der Waals surface area (Å²) in [7, 11) is 1.70. The van der Waals surface area contributed by atoms with Crippen molar-refractivity contribution in [3.05, 3.63) is 59.2 Å². The Bertz CT molecular complexity index is 818. The van der Waals surface area contributed by atoms with Gasteiger partial charge in [-0.05, 0) is 56.4 Å². The molecule has 1 heterocycles. The smallest absolute Gasteiger partial charge is 0.161 e. The Morgan fingerprint density at radius 1 is 1.13 bits per heavy atom. The Morgan fingerprint density at radius 2 is 1.90 bits per heavy atom. The summed E-state index contributed by atoms with van der Waals surface area (Å²) in [4.78, 5) is 0. The third kappa shape index (κ3) is 6.02. The highest BCUT2D eigenvalue weighted by atomic mass is 16.5. The molecule has 2 aromatic rings. The average molecular weight is 427 g/mol. The van der Waals surface area contributed by atoms with Gasteiger partial charge in [-0.15, -0.1) is 0 Å². The quantitative estimate of drug-likeness (QED) is 0.564. The minimum atomic E-state index is 0.202. The molecular weight excluding hydrogens is 386 g/mol. The zero-order valence-corrected chi connectivity index (χ0v) is 19.9. The zero-order chi connectivity index (χ0) is 22.3. The summed E-state index contributed by atoms with van der Waals surface area (Å²) in [6, 6.07) is 15.5. The van der Waals surface area contributed by atoms with E-state index in [1.54, 1.807) is 7.11 Å². The number of hydrogen-bond donors (Lipinski definition) is 1. The summed E-state index contributed by atoms with van der Waals surface area (Å²) < 4.78 is 17.3. The molecule has 0 aliphatic carbocycles. The van der Waals surface area contributed by atoms with Crippen molar-refractivity contribution in [2.45, 2.75) is 65.0 Å². The lowest BCUT2D eigenvalue weighted by atomic mass is 9.68. The predicted molar refractivity (Wildman–Crippen MR) is 126 cm³/mol. The first kappa shape index (κ1) is 23.6. The van der Waals surface area contributed by atoms with Crippen molar-refractivity contribution in [3.63, 3.8) is 0 Å². The van der Waals surface area contributed by atoms with Gasteiger partial charge in [-0.3, -0.25) is 0 Å². The molecule has 1 aliphatic heterocycles. The lowest BCUT2D eigenvalue weighted by molar-refractivity contribution is -0.672. The Kier molecular flexibility index (Phi) is 8.39. The van der Waals surface area contributed by atoms with Crippen LogP contribution in [-0.2, 0) is 16.7 Å². The maximum Gasteiger partial charge on any atom is 0.161 e. The van der Waals surface area contributed by atoms with E-state index in [2.05, 4.69) is 62.5 Å². The van der Waals surface area contributed by atoms with Gasteiger partial charge in [0, 0.05) is 24.0 Å². The highest BCUT2D eigenvalue weighted by Crippen LogP contribution is 2.41. The lowest BCUT2D eigenvalue weighted by Crippen LogP contribution is -2.83. The number of nitrogens with two attached hydrogens (primary N) is 1. The van der Waals surface area contributed by atoms with Crippen molar-refractivity contribution in [1.82, 2.24) is 0 Å². The number of methoxy groups -OCH3 is 1. The third-order valence-electron chi connectivity index (χ3n) is 6.65. The van der Waals surface area contributed by atoms with Gasteiger partial charge in [-0.2, -0.15) is 0 Å². The van der Waals surface area contributed by atoms with E-state index < -0.39 is 0 Å². The van der Waals surface area contributed by atoms with Gasteiger partial charge >= 0.3 is 0 Å². The first-order chi connectivity index (χ1) is 15.0. The highest BCUT2D eigenvalue weighted by molar-refractivity contribution is 5.42. The highest BCUT2D eigenvalue weighted by Gasteiger charge is 2.39. The molecule has 0 saturated carbocycles. The summed E-state index contributed by atoms with van der Waals surface area (Å²) in [6.07, 6.45) is 3.71. The van der Waals surface area contributed by atoms with E-state index in [1.807, 2.05) is 13.0 Å². The average Bonchev–Trinajstić information content (AvgIpc) is 2.78. The molecule has 0 radical (unpaired) electrons. The molecule has 1 aliphatic rings. The van der Waals surface area contributed by atoms with E-state index in [-0.39, 0.29) is 5.41 Å². The number of ether oxygens (including phenoxy) is 3. The van der Waals surface area contributed by atoms with Gasteiger partial charge in [0.15, 0.2) is 11.5 Å². The first-order valence-electron chi connectivity index (χ1n) is 11.8. The summed E-state index contributed by atoms with van der Waals surface area (Å²) in [5.74, 6) is 2.17. The summed E-state index contributed by atoms with van der Waals surface area (Å²) in [6.45, 7) is 12.2. The maximum atomic E-state index is 6.14. The molecule has 2 N–H and O–H groups in total. The molecule has 1 saturated heterocycles. The summed E-state index contributed by atoms with van der Waals surface area (Å²) in [5, 5.41) is 2.42. The molecule has 2 atom stereocenters. The van der Waals surface area contributed by atoms with Gasteiger partial charge in [-0.25, -0.2) is 0 Å². The number of benzene rings is 2. The van der Waals surface area contributed by atoms with Gasteiger partial charge in [0.25, 0.3) is 0 Å². The zero-order valence-electron chi connectivity index (χ0n) is 19.9. The van der Waals surface area contributed by atoms with Crippen molar-refractivity contribution < 1.29 is 19.5 Å². The van der Waals surface area contributed by atoms with E-state index in [4.69, 9.17) is 14.2 Å². The molecular formula is C27H40NO3+. The van der Waals surface area contributed by atoms with Crippen LogP contribution in [0.5, 0.6) is 11.5 Å². The molecule has 2 aromatic carbocycles. The topological polar surface area (TPSA) is 44.3 Å². The molecule has 4 heteroatoms. The van der Waals surface area contributed by atoms with Crippen LogP contribution in [0, 0.1) is 12.8 Å². The van der Waals surface area contributed by atoms with E-state index in [0.717, 1.165) is 50.5 Å². The van der Waals surface area contributed by atoms with Crippen LogP contribution in [-0.4, -0.2) is 33.0 Å².